The van der Waals surface area contributed by atoms with E-state index in [9.17, 15) is 0 Å². The number of nitrogens with one attached hydrogen (secondary N) is 1. The maximum absolute atomic E-state index is 5.59. The van der Waals surface area contributed by atoms with Crippen LogP contribution < -0.4 is 15.0 Å². The van der Waals surface area contributed by atoms with Gasteiger partial charge in [-0.05, 0) is 48.5 Å². The molecule has 1 aliphatic heterocycles. The van der Waals surface area contributed by atoms with E-state index in [1.807, 2.05) is 18.2 Å². The first-order valence-electron chi connectivity index (χ1n) is 7.53. The van der Waals surface area contributed by atoms with Crippen LogP contribution in [0.15, 0.2) is 54.6 Å². The summed E-state index contributed by atoms with van der Waals surface area (Å²) in [4.78, 5) is 2.21. The van der Waals surface area contributed by atoms with E-state index >= 15 is 0 Å². The molecule has 0 aliphatic carbocycles. The molecule has 22 heavy (non-hydrogen) atoms. The van der Waals surface area contributed by atoms with Crippen molar-refractivity contribution in [1.29, 1.82) is 0 Å². The number of benzene rings is 2. The fraction of sp³-hybridized carbons (Fsp3) is 0.278. The van der Waals surface area contributed by atoms with Gasteiger partial charge in [-0.25, -0.2) is 0 Å². The van der Waals surface area contributed by atoms with Gasteiger partial charge in [-0.15, -0.1) is 0 Å². The molecule has 114 valence electrons. The third-order valence-corrected chi connectivity index (χ3v) is 4.43. The fourth-order valence-electron chi connectivity index (χ4n) is 2.99. The van der Waals surface area contributed by atoms with E-state index < -0.39 is 0 Å². The molecule has 0 aromatic heterocycles. The normalized spacial score (nSPS) is 20.8. The lowest BCUT2D eigenvalue weighted by Crippen LogP contribution is -2.29. The molecule has 0 bridgehead atoms. The van der Waals surface area contributed by atoms with Crippen LogP contribution in [0.4, 0.5) is 5.69 Å². The minimum Gasteiger partial charge on any atom is -0.497 e. The number of nitrogens with zero attached hydrogens (tertiary/aromatic N) is 1. The Bertz CT molecular complexity index is 642. The number of rotatable bonds is 4. The van der Waals surface area contributed by atoms with E-state index in [1.54, 1.807) is 7.11 Å². The highest BCUT2D eigenvalue weighted by molar-refractivity contribution is 7.80. The molecular formula is C18H20N2OS. The molecule has 1 saturated heterocycles. The molecule has 0 amide bonds. The van der Waals surface area contributed by atoms with Crippen LogP contribution >= 0.6 is 12.2 Å². The van der Waals surface area contributed by atoms with Gasteiger partial charge in [0.05, 0.1) is 19.2 Å². The van der Waals surface area contributed by atoms with Crippen molar-refractivity contribution in [2.24, 2.45) is 0 Å². The van der Waals surface area contributed by atoms with Gasteiger partial charge in [0.25, 0.3) is 0 Å². The Morgan fingerprint density at radius 2 is 1.77 bits per heavy atom. The largest absolute Gasteiger partial charge is 0.497 e. The number of thiocarbonyl (C=S) groups is 1. The van der Waals surface area contributed by atoms with Gasteiger partial charge in [-0.2, -0.15) is 0 Å². The Labute approximate surface area is 136 Å². The average Bonchev–Trinajstić information content (AvgIpc) is 2.92. The topological polar surface area (TPSA) is 24.5 Å². The van der Waals surface area contributed by atoms with Crippen LogP contribution in [0, 0.1) is 0 Å². The number of methoxy groups -OCH3 is 1. The zero-order valence-corrected chi connectivity index (χ0v) is 13.6. The number of anilines is 1. The highest BCUT2D eigenvalue weighted by Crippen LogP contribution is 2.36. The van der Waals surface area contributed by atoms with Crippen molar-refractivity contribution in [3.8, 4) is 5.75 Å². The van der Waals surface area contributed by atoms with Gasteiger partial charge >= 0.3 is 0 Å². The Morgan fingerprint density at radius 1 is 1.09 bits per heavy atom. The molecule has 0 unspecified atom stereocenters. The molecule has 1 fully saturated rings. The first-order valence-corrected chi connectivity index (χ1v) is 7.94. The van der Waals surface area contributed by atoms with Crippen molar-refractivity contribution in [3.05, 3.63) is 60.2 Å². The first kappa shape index (κ1) is 14.9. The van der Waals surface area contributed by atoms with Crippen LogP contribution in [-0.2, 0) is 0 Å². The molecule has 2 aromatic rings. The summed E-state index contributed by atoms with van der Waals surface area (Å²) >= 11 is 5.59. The zero-order valence-electron chi connectivity index (χ0n) is 12.8. The summed E-state index contributed by atoms with van der Waals surface area (Å²) in [5, 5.41) is 4.24. The molecule has 0 saturated carbocycles. The summed E-state index contributed by atoms with van der Waals surface area (Å²) in [6.07, 6.45) is 1.02. The Kier molecular flexibility index (Phi) is 4.29. The van der Waals surface area contributed by atoms with E-state index in [0.29, 0.717) is 6.04 Å². The zero-order chi connectivity index (χ0) is 15.5. The van der Waals surface area contributed by atoms with E-state index in [4.69, 9.17) is 17.0 Å². The van der Waals surface area contributed by atoms with E-state index in [-0.39, 0.29) is 6.04 Å². The molecule has 0 spiro atoms. The van der Waals surface area contributed by atoms with Gasteiger partial charge in [0.1, 0.15) is 5.75 Å². The summed E-state index contributed by atoms with van der Waals surface area (Å²) in [6, 6.07) is 19.1. The third-order valence-electron chi connectivity index (χ3n) is 4.12. The third kappa shape index (κ3) is 2.66. The van der Waals surface area contributed by atoms with Crippen LogP contribution in [0.5, 0.6) is 5.75 Å². The predicted octanol–water partition coefficient (Wildman–Crippen LogP) is 3.91. The highest BCUT2D eigenvalue weighted by atomic mass is 32.1. The Hall–Kier alpha value is -2.07. The molecule has 3 nitrogen and oxygen atoms in total. The molecule has 3 rings (SSSR count). The lowest BCUT2D eigenvalue weighted by atomic mass is 9.97. The minimum atomic E-state index is 0.215. The lowest BCUT2D eigenvalue weighted by molar-refractivity contribution is 0.415. The smallest absolute Gasteiger partial charge is 0.174 e. The van der Waals surface area contributed by atoms with Crippen LogP contribution in [0.3, 0.4) is 0 Å². The van der Waals surface area contributed by atoms with Crippen molar-refractivity contribution in [1.82, 2.24) is 5.32 Å². The second-order valence-electron chi connectivity index (χ2n) is 5.39. The van der Waals surface area contributed by atoms with Crippen LogP contribution in [0.1, 0.15) is 24.9 Å². The van der Waals surface area contributed by atoms with Crippen molar-refractivity contribution in [3.63, 3.8) is 0 Å². The van der Waals surface area contributed by atoms with E-state index in [1.165, 1.54) is 5.56 Å². The predicted molar refractivity (Wildman–Crippen MR) is 94.5 cm³/mol. The molecule has 1 aliphatic rings. The summed E-state index contributed by atoms with van der Waals surface area (Å²) < 4.78 is 5.25. The standard InChI is InChI=1S/C18H20N2OS/c1-3-16-17(13-7-5-4-6-8-13)20(18(22)19-16)14-9-11-15(21-2)12-10-14/h4-12,16-17H,3H2,1-2H3,(H,19,22)/t16-,17+/m1/s1. The molecule has 2 aromatic carbocycles. The summed E-state index contributed by atoms with van der Waals surface area (Å²) in [6.45, 7) is 2.19. The van der Waals surface area contributed by atoms with Gasteiger partial charge < -0.3 is 15.0 Å². The van der Waals surface area contributed by atoms with Gasteiger partial charge in [0.2, 0.25) is 0 Å². The highest BCUT2D eigenvalue weighted by Gasteiger charge is 2.37. The Morgan fingerprint density at radius 3 is 2.36 bits per heavy atom. The summed E-state index contributed by atoms with van der Waals surface area (Å²) in [5.41, 5.74) is 2.36. The maximum Gasteiger partial charge on any atom is 0.174 e. The maximum atomic E-state index is 5.59. The lowest BCUT2D eigenvalue weighted by Gasteiger charge is -2.28. The van der Waals surface area contributed by atoms with Crippen molar-refractivity contribution >= 4 is 23.0 Å². The molecular weight excluding hydrogens is 292 g/mol. The van der Waals surface area contributed by atoms with Crippen LogP contribution in [0.2, 0.25) is 0 Å². The molecule has 1 N–H and O–H groups in total. The molecule has 4 heteroatoms. The van der Waals surface area contributed by atoms with E-state index in [2.05, 4.69) is 53.5 Å². The monoisotopic (exact) mass is 312 g/mol. The summed E-state index contributed by atoms with van der Waals surface area (Å²) in [5.74, 6) is 0.852. The first-order chi connectivity index (χ1) is 10.7. The molecule has 2 atom stereocenters. The van der Waals surface area contributed by atoms with Crippen molar-refractivity contribution in [2.45, 2.75) is 25.4 Å². The number of hydrogen-bond donors (Lipinski definition) is 1. The number of ether oxygens (including phenoxy) is 1. The van der Waals surface area contributed by atoms with Crippen molar-refractivity contribution < 1.29 is 4.74 Å². The second kappa shape index (κ2) is 6.36. The number of hydrogen-bond acceptors (Lipinski definition) is 2. The van der Waals surface area contributed by atoms with Gasteiger partial charge in [0.15, 0.2) is 5.11 Å². The SMILES string of the molecule is CC[C@H]1NC(=S)N(c2ccc(OC)cc2)[C@H]1c1ccccc1. The van der Waals surface area contributed by atoms with E-state index in [0.717, 1.165) is 23.0 Å². The van der Waals surface area contributed by atoms with Crippen LogP contribution in [-0.4, -0.2) is 18.3 Å². The quantitative estimate of drug-likeness (QED) is 0.865. The minimum absolute atomic E-state index is 0.215. The van der Waals surface area contributed by atoms with Gasteiger partial charge in [0, 0.05) is 5.69 Å². The summed E-state index contributed by atoms with van der Waals surface area (Å²) in [7, 11) is 1.68. The van der Waals surface area contributed by atoms with Gasteiger partial charge in [-0.3, -0.25) is 0 Å². The van der Waals surface area contributed by atoms with Crippen LogP contribution in [0.25, 0.3) is 0 Å². The fourth-order valence-corrected chi connectivity index (χ4v) is 3.36. The van der Waals surface area contributed by atoms with Crippen molar-refractivity contribution in [2.75, 3.05) is 12.0 Å². The van der Waals surface area contributed by atoms with Gasteiger partial charge in [-0.1, -0.05) is 37.3 Å². The Balaban J connectivity index is 2.00. The second-order valence-corrected chi connectivity index (χ2v) is 5.77. The molecule has 0 radical (unpaired) electrons. The molecule has 1 heterocycles. The average molecular weight is 312 g/mol.